The van der Waals surface area contributed by atoms with Gasteiger partial charge in [-0.3, -0.25) is 14.4 Å². The van der Waals surface area contributed by atoms with Crippen molar-refractivity contribution in [2.24, 2.45) is 16.9 Å². The molecule has 196 valence electrons. The Kier molecular flexibility index (Phi) is 40.1. The number of benzene rings is 1. The number of ketones is 1. The van der Waals surface area contributed by atoms with Crippen LogP contribution < -0.4 is 16.8 Å². The maximum atomic E-state index is 10.8. The highest BCUT2D eigenvalue weighted by Gasteiger charge is 2.18. The largest absolute Gasteiger partial charge is 0.461 e. The van der Waals surface area contributed by atoms with Crippen LogP contribution in [0, 0.1) is 5.41 Å². The fourth-order valence-corrected chi connectivity index (χ4v) is 1.26. The molecule has 0 aliphatic carbocycles. The summed E-state index contributed by atoms with van der Waals surface area (Å²) in [5.74, 6) is -0.109. The Morgan fingerprint density at radius 3 is 1.58 bits per heavy atom. The number of hydrogen-bond acceptors (Lipinski definition) is 7. The van der Waals surface area contributed by atoms with Gasteiger partial charge in [-0.25, -0.2) is 0 Å². The number of aldehydes is 1. The lowest BCUT2D eigenvalue weighted by Crippen LogP contribution is -2.27. The quantitative estimate of drug-likeness (QED) is 0.299. The summed E-state index contributed by atoms with van der Waals surface area (Å²) in [6, 6.07) is 6.93. The summed E-state index contributed by atoms with van der Waals surface area (Å²) in [7, 11) is 1.81. The molecule has 33 heavy (non-hydrogen) atoms. The molecule has 7 nitrogen and oxygen atoms in total. The molecule has 0 radical (unpaired) electrons. The normalized spacial score (nSPS) is 8.64. The van der Waals surface area contributed by atoms with E-state index in [-0.39, 0.29) is 30.3 Å². The highest BCUT2D eigenvalue weighted by atomic mass is 16.5. The van der Waals surface area contributed by atoms with Crippen molar-refractivity contribution in [3.63, 3.8) is 0 Å². The zero-order chi connectivity index (χ0) is 27.3. The molecule has 0 unspecified atom stereocenters. The van der Waals surface area contributed by atoms with E-state index >= 15 is 0 Å². The van der Waals surface area contributed by atoms with Gasteiger partial charge < -0.3 is 21.5 Å². The van der Waals surface area contributed by atoms with Gasteiger partial charge in [0.1, 0.15) is 12.9 Å². The Hall–Kier alpha value is -2.09. The second-order valence-corrected chi connectivity index (χ2v) is 7.02. The number of esters is 1. The highest BCUT2D eigenvalue weighted by Crippen LogP contribution is 2.12. The molecule has 0 aliphatic heterocycles. The van der Waals surface area contributed by atoms with Crippen molar-refractivity contribution in [2.75, 3.05) is 20.3 Å². The molecule has 0 amide bonds. The van der Waals surface area contributed by atoms with Gasteiger partial charge in [-0.15, -0.1) is 0 Å². The standard InChI is InChI=1S/C11H12O3.C6H13NO.C3H8.C2H8N2.2C2H6/c1-2-11(13)14-8-10-5-3-9(7-12)4-6-10;1-6(2,3)5(8)4-7;1-3-2;1-4-2-3;2*1-2/h3-7H,2,8H2,1H3;4,7H2,1-3H3;3H2,1-2H3;4H,2-3H2,1H3;2*1-2H3. The van der Waals surface area contributed by atoms with Crippen LogP contribution in [0.1, 0.15) is 98.0 Å². The van der Waals surface area contributed by atoms with Gasteiger partial charge in [-0.05, 0) is 12.6 Å². The minimum atomic E-state index is -0.255. The number of Topliss-reactive ketones (excluding diaryl/α,β-unsaturated/α-hetero) is 1. The Bertz CT molecular complexity index is 537. The smallest absolute Gasteiger partial charge is 0.305 e. The maximum absolute atomic E-state index is 10.8. The van der Waals surface area contributed by atoms with Crippen LogP contribution in [0.3, 0.4) is 0 Å². The molecule has 0 aliphatic rings. The lowest BCUT2D eigenvalue weighted by Gasteiger charge is -2.13. The molecule has 0 bridgehead atoms. The Morgan fingerprint density at radius 2 is 1.36 bits per heavy atom. The summed E-state index contributed by atoms with van der Waals surface area (Å²) < 4.78 is 4.92. The van der Waals surface area contributed by atoms with E-state index < -0.39 is 0 Å². The molecule has 0 saturated heterocycles. The molecular formula is C26H53N3O4. The summed E-state index contributed by atoms with van der Waals surface area (Å²) in [5, 5.41) is 2.71. The molecule has 0 heterocycles. The minimum Gasteiger partial charge on any atom is -0.461 e. The Balaban J connectivity index is -0.000000117. The third-order valence-corrected chi connectivity index (χ3v) is 3.03. The average Bonchev–Trinajstić information content (AvgIpc) is 2.85. The third kappa shape index (κ3) is 34.7. The van der Waals surface area contributed by atoms with E-state index in [9.17, 15) is 14.4 Å². The first-order valence-corrected chi connectivity index (χ1v) is 11.8. The van der Waals surface area contributed by atoms with E-state index in [2.05, 4.69) is 19.2 Å². The van der Waals surface area contributed by atoms with Crippen LogP contribution in [0.5, 0.6) is 0 Å². The fraction of sp³-hybridized carbons (Fsp3) is 0.654. The average molecular weight is 472 g/mol. The molecule has 0 spiro atoms. The highest BCUT2D eigenvalue weighted by molar-refractivity contribution is 5.85. The number of hydrogen-bond donors (Lipinski definition) is 3. The first kappa shape index (κ1) is 41.2. The van der Waals surface area contributed by atoms with Gasteiger partial charge in [0.25, 0.3) is 0 Å². The number of rotatable bonds is 6. The number of nitrogens with two attached hydrogens (primary N) is 2. The van der Waals surface area contributed by atoms with Crippen LogP contribution in [0.2, 0.25) is 0 Å². The van der Waals surface area contributed by atoms with Gasteiger partial charge in [0.15, 0.2) is 5.78 Å². The van der Waals surface area contributed by atoms with Crippen LogP contribution in [-0.2, 0) is 20.9 Å². The predicted octanol–water partition coefficient (Wildman–Crippen LogP) is 5.10. The number of nitrogens with one attached hydrogen (secondary N) is 1. The molecule has 1 aromatic rings. The Morgan fingerprint density at radius 1 is 0.970 bits per heavy atom. The monoisotopic (exact) mass is 471 g/mol. The van der Waals surface area contributed by atoms with E-state index in [1.54, 1.807) is 38.2 Å². The second kappa shape index (κ2) is 32.1. The maximum Gasteiger partial charge on any atom is 0.305 e. The zero-order valence-electron chi connectivity index (χ0n) is 23.2. The van der Waals surface area contributed by atoms with Gasteiger partial charge in [0, 0.05) is 24.1 Å². The van der Waals surface area contributed by atoms with Crippen molar-refractivity contribution in [1.82, 2.24) is 5.32 Å². The summed E-state index contributed by atoms with van der Waals surface area (Å²) >= 11 is 0. The van der Waals surface area contributed by atoms with E-state index in [0.29, 0.717) is 18.7 Å². The third-order valence-electron chi connectivity index (χ3n) is 3.03. The molecule has 0 saturated carbocycles. The van der Waals surface area contributed by atoms with E-state index in [0.717, 1.165) is 11.8 Å². The first-order chi connectivity index (χ1) is 15.6. The van der Waals surface area contributed by atoms with Crippen molar-refractivity contribution < 1.29 is 19.1 Å². The SMILES string of the molecule is CC.CC.CC(C)(C)C(=O)CN.CCC.CCC(=O)OCc1ccc(C=O)cc1.CNCN. The summed E-state index contributed by atoms with van der Waals surface area (Å²) in [5.41, 5.74) is 11.3. The predicted molar refractivity (Wildman–Crippen MR) is 142 cm³/mol. The van der Waals surface area contributed by atoms with Gasteiger partial charge in [0.05, 0.1) is 6.54 Å². The van der Waals surface area contributed by atoms with Gasteiger partial charge in [0.2, 0.25) is 0 Å². The summed E-state index contributed by atoms with van der Waals surface area (Å²) in [6.07, 6.45) is 2.41. The van der Waals surface area contributed by atoms with Crippen LogP contribution in [-0.4, -0.2) is 38.3 Å². The topological polar surface area (TPSA) is 125 Å². The second-order valence-electron chi connectivity index (χ2n) is 7.02. The molecule has 0 atom stereocenters. The van der Waals surface area contributed by atoms with Crippen LogP contribution in [0.4, 0.5) is 0 Å². The molecule has 1 aromatic carbocycles. The zero-order valence-corrected chi connectivity index (χ0v) is 23.2. The van der Waals surface area contributed by atoms with Crippen molar-refractivity contribution in [2.45, 2.75) is 88.7 Å². The lowest BCUT2D eigenvalue weighted by molar-refractivity contribution is -0.144. The van der Waals surface area contributed by atoms with Gasteiger partial charge in [-0.1, -0.05) is 99.9 Å². The molecule has 0 aromatic heterocycles. The van der Waals surface area contributed by atoms with Crippen LogP contribution >= 0.6 is 0 Å². The molecule has 7 heteroatoms. The molecule has 0 fully saturated rings. The summed E-state index contributed by atoms with van der Waals surface area (Å²) in [4.78, 5) is 31.9. The van der Waals surface area contributed by atoms with Crippen LogP contribution in [0.25, 0.3) is 0 Å². The van der Waals surface area contributed by atoms with E-state index in [4.69, 9.17) is 16.2 Å². The molecular weight excluding hydrogens is 418 g/mol. The van der Waals surface area contributed by atoms with Crippen LogP contribution in [0.15, 0.2) is 24.3 Å². The first-order valence-electron chi connectivity index (χ1n) is 11.8. The van der Waals surface area contributed by atoms with Gasteiger partial charge in [-0.2, -0.15) is 0 Å². The van der Waals surface area contributed by atoms with E-state index in [1.165, 1.54) is 6.42 Å². The number of carbonyl (C=O) groups is 3. The van der Waals surface area contributed by atoms with Crippen molar-refractivity contribution in [3.05, 3.63) is 35.4 Å². The minimum absolute atomic E-state index is 0.109. The summed E-state index contributed by atoms with van der Waals surface area (Å²) in [6.45, 7) is 20.6. The van der Waals surface area contributed by atoms with Crippen molar-refractivity contribution in [3.8, 4) is 0 Å². The van der Waals surface area contributed by atoms with Gasteiger partial charge >= 0.3 is 5.97 Å². The fourth-order valence-electron chi connectivity index (χ4n) is 1.26. The van der Waals surface area contributed by atoms with E-state index in [1.807, 2.05) is 48.5 Å². The molecule has 5 N–H and O–H groups in total. The number of carbonyl (C=O) groups excluding carboxylic acids is 3. The van der Waals surface area contributed by atoms with Crippen molar-refractivity contribution in [1.29, 1.82) is 0 Å². The lowest BCUT2D eigenvalue weighted by atomic mass is 9.91. The van der Waals surface area contributed by atoms with Crippen molar-refractivity contribution >= 4 is 18.0 Å². The molecule has 1 rings (SSSR count). The Labute approximate surface area is 204 Å². The number of ether oxygens (including phenoxy) is 1.